The molecule has 0 spiro atoms. The number of anilines is 1. The monoisotopic (exact) mass is 341 g/mol. The zero-order valence-corrected chi connectivity index (χ0v) is 11.7. The number of carbonyl (C=O) groups excluding carboxylic acids is 1. The Bertz CT molecular complexity index is 662. The summed E-state index contributed by atoms with van der Waals surface area (Å²) in [6.45, 7) is 0. The number of phenols is 1. The minimum absolute atomic E-state index is 0.0130. The van der Waals surface area contributed by atoms with E-state index in [0.29, 0.717) is 5.56 Å². The summed E-state index contributed by atoms with van der Waals surface area (Å²) >= 11 is 2.85. The van der Waals surface area contributed by atoms with Crippen molar-refractivity contribution in [1.29, 1.82) is 0 Å². The summed E-state index contributed by atoms with van der Waals surface area (Å²) < 4.78 is 26.8. The molecule has 2 N–H and O–H groups in total. The molecule has 0 saturated carbocycles. The molecule has 104 valence electrons. The maximum absolute atomic E-state index is 13.5. The van der Waals surface area contributed by atoms with Crippen molar-refractivity contribution in [1.82, 2.24) is 0 Å². The van der Waals surface area contributed by atoms with Crippen LogP contribution in [0.1, 0.15) is 5.56 Å². The van der Waals surface area contributed by atoms with E-state index >= 15 is 0 Å². The summed E-state index contributed by atoms with van der Waals surface area (Å²) in [4.78, 5) is 11.7. The number of halogens is 3. The smallest absolute Gasteiger partial charge is 0.228 e. The minimum atomic E-state index is -0.734. The normalized spacial score (nSPS) is 10.3. The van der Waals surface area contributed by atoms with Crippen molar-refractivity contribution in [2.45, 2.75) is 6.42 Å². The second-order valence-electron chi connectivity index (χ2n) is 4.14. The Morgan fingerprint density at radius 3 is 2.65 bits per heavy atom. The molecule has 2 rings (SSSR count). The Hall–Kier alpha value is -1.95. The van der Waals surface area contributed by atoms with Gasteiger partial charge in [0.05, 0.1) is 16.6 Å². The third kappa shape index (κ3) is 3.54. The van der Waals surface area contributed by atoms with Crippen LogP contribution >= 0.6 is 15.9 Å². The van der Waals surface area contributed by atoms with Gasteiger partial charge in [-0.15, -0.1) is 0 Å². The molecule has 0 atom stereocenters. The van der Waals surface area contributed by atoms with E-state index in [1.165, 1.54) is 12.1 Å². The van der Waals surface area contributed by atoms with E-state index in [9.17, 15) is 18.7 Å². The van der Waals surface area contributed by atoms with Crippen molar-refractivity contribution >= 4 is 27.5 Å². The standard InChI is InChI=1S/C14H10BrF2NO2/c15-10-6-12(17)13(7-11(10)16)18-14(20)5-8-2-1-3-9(19)4-8/h1-4,6-7,19H,5H2,(H,18,20). The third-order valence-corrected chi connectivity index (χ3v) is 3.17. The predicted octanol–water partition coefficient (Wildman–Crippen LogP) is 3.61. The van der Waals surface area contributed by atoms with Crippen molar-refractivity contribution in [3.63, 3.8) is 0 Å². The van der Waals surface area contributed by atoms with Crippen LogP contribution in [-0.2, 0) is 11.2 Å². The van der Waals surface area contributed by atoms with E-state index in [4.69, 9.17) is 0 Å². The van der Waals surface area contributed by atoms with E-state index in [1.54, 1.807) is 12.1 Å². The van der Waals surface area contributed by atoms with E-state index in [-0.39, 0.29) is 22.3 Å². The van der Waals surface area contributed by atoms with Crippen LogP contribution in [0.25, 0.3) is 0 Å². The number of hydrogen-bond donors (Lipinski definition) is 2. The topological polar surface area (TPSA) is 49.3 Å². The summed E-state index contributed by atoms with van der Waals surface area (Å²) in [7, 11) is 0. The SMILES string of the molecule is O=C(Cc1cccc(O)c1)Nc1cc(F)c(Br)cc1F. The van der Waals surface area contributed by atoms with Crippen molar-refractivity contribution in [2.24, 2.45) is 0 Å². The molecule has 0 radical (unpaired) electrons. The molecule has 0 aliphatic carbocycles. The average molecular weight is 342 g/mol. The quantitative estimate of drug-likeness (QED) is 0.838. The zero-order chi connectivity index (χ0) is 14.7. The van der Waals surface area contributed by atoms with Crippen LogP contribution in [0.5, 0.6) is 5.75 Å². The average Bonchev–Trinajstić information content (AvgIpc) is 2.36. The summed E-state index contributed by atoms with van der Waals surface area (Å²) in [5.41, 5.74) is 0.344. The lowest BCUT2D eigenvalue weighted by Crippen LogP contribution is -2.15. The van der Waals surface area contributed by atoms with Gasteiger partial charge in [0.15, 0.2) is 0 Å². The molecular formula is C14H10BrF2NO2. The van der Waals surface area contributed by atoms with E-state index < -0.39 is 17.5 Å². The highest BCUT2D eigenvalue weighted by Gasteiger charge is 2.11. The van der Waals surface area contributed by atoms with Gasteiger partial charge in [-0.2, -0.15) is 0 Å². The van der Waals surface area contributed by atoms with Crippen molar-refractivity contribution in [2.75, 3.05) is 5.32 Å². The second kappa shape index (κ2) is 6.00. The van der Waals surface area contributed by atoms with E-state index in [1.807, 2.05) is 0 Å². The summed E-state index contributed by atoms with van der Waals surface area (Å²) in [6.07, 6.45) is -0.0501. The van der Waals surface area contributed by atoms with Crippen LogP contribution < -0.4 is 5.32 Å². The lowest BCUT2D eigenvalue weighted by molar-refractivity contribution is -0.115. The van der Waals surface area contributed by atoms with Gasteiger partial charge in [-0.05, 0) is 39.7 Å². The number of nitrogens with one attached hydrogen (secondary N) is 1. The minimum Gasteiger partial charge on any atom is -0.508 e. The first-order chi connectivity index (χ1) is 9.45. The highest BCUT2D eigenvalue weighted by Crippen LogP contribution is 2.23. The lowest BCUT2D eigenvalue weighted by atomic mass is 10.1. The number of phenolic OH excluding ortho intramolecular Hbond substituents is 1. The molecule has 2 aromatic rings. The Labute approximate surface area is 122 Å². The van der Waals surface area contributed by atoms with Gasteiger partial charge in [-0.1, -0.05) is 12.1 Å². The van der Waals surface area contributed by atoms with Crippen LogP contribution in [0.2, 0.25) is 0 Å². The highest BCUT2D eigenvalue weighted by molar-refractivity contribution is 9.10. The Morgan fingerprint density at radius 2 is 1.95 bits per heavy atom. The van der Waals surface area contributed by atoms with Gasteiger partial charge in [0.1, 0.15) is 17.4 Å². The third-order valence-electron chi connectivity index (χ3n) is 2.56. The summed E-state index contributed by atoms with van der Waals surface area (Å²) in [6, 6.07) is 8.00. The van der Waals surface area contributed by atoms with Crippen LogP contribution in [0.4, 0.5) is 14.5 Å². The number of benzene rings is 2. The van der Waals surface area contributed by atoms with Crippen molar-refractivity contribution in [3.8, 4) is 5.75 Å². The van der Waals surface area contributed by atoms with Crippen LogP contribution in [0.15, 0.2) is 40.9 Å². The van der Waals surface area contributed by atoms with Crippen LogP contribution in [0, 0.1) is 11.6 Å². The van der Waals surface area contributed by atoms with Crippen molar-refractivity contribution in [3.05, 3.63) is 58.1 Å². The first kappa shape index (κ1) is 14.5. The fraction of sp³-hybridized carbons (Fsp3) is 0.0714. The number of aromatic hydroxyl groups is 1. The first-order valence-electron chi connectivity index (χ1n) is 5.68. The molecule has 0 heterocycles. The summed E-state index contributed by atoms with van der Waals surface area (Å²) in [5.74, 6) is -1.87. The molecule has 6 heteroatoms. The predicted molar refractivity (Wildman–Crippen MR) is 74.5 cm³/mol. The maximum atomic E-state index is 13.5. The Kier molecular flexibility index (Phi) is 4.34. The molecule has 3 nitrogen and oxygen atoms in total. The number of carbonyl (C=O) groups is 1. The molecular weight excluding hydrogens is 332 g/mol. The molecule has 0 saturated heterocycles. The molecule has 0 unspecified atom stereocenters. The van der Waals surface area contributed by atoms with E-state index in [2.05, 4.69) is 21.2 Å². The second-order valence-corrected chi connectivity index (χ2v) is 5.00. The van der Waals surface area contributed by atoms with Crippen LogP contribution in [0.3, 0.4) is 0 Å². The molecule has 0 aliphatic heterocycles. The molecule has 0 fully saturated rings. The molecule has 20 heavy (non-hydrogen) atoms. The molecule has 0 aromatic heterocycles. The maximum Gasteiger partial charge on any atom is 0.228 e. The van der Waals surface area contributed by atoms with Gasteiger partial charge < -0.3 is 10.4 Å². The lowest BCUT2D eigenvalue weighted by Gasteiger charge is -2.08. The number of hydrogen-bond acceptors (Lipinski definition) is 2. The van der Waals surface area contributed by atoms with Crippen LogP contribution in [-0.4, -0.2) is 11.0 Å². The van der Waals surface area contributed by atoms with Crippen molar-refractivity contribution < 1.29 is 18.7 Å². The fourth-order valence-corrected chi connectivity index (χ4v) is 1.98. The van der Waals surface area contributed by atoms with Gasteiger partial charge in [0, 0.05) is 6.07 Å². The van der Waals surface area contributed by atoms with Gasteiger partial charge in [-0.25, -0.2) is 8.78 Å². The molecule has 0 bridgehead atoms. The van der Waals surface area contributed by atoms with Gasteiger partial charge in [0.2, 0.25) is 5.91 Å². The highest BCUT2D eigenvalue weighted by atomic mass is 79.9. The van der Waals surface area contributed by atoms with Gasteiger partial charge in [-0.3, -0.25) is 4.79 Å². The number of rotatable bonds is 3. The molecule has 0 aliphatic rings. The van der Waals surface area contributed by atoms with E-state index in [0.717, 1.165) is 12.1 Å². The zero-order valence-electron chi connectivity index (χ0n) is 10.2. The fourth-order valence-electron chi connectivity index (χ4n) is 1.66. The van der Waals surface area contributed by atoms with Gasteiger partial charge >= 0.3 is 0 Å². The Morgan fingerprint density at radius 1 is 1.20 bits per heavy atom. The largest absolute Gasteiger partial charge is 0.508 e. The number of amides is 1. The molecule has 1 amide bonds. The summed E-state index contributed by atoms with van der Waals surface area (Å²) in [5, 5.41) is 11.6. The molecule has 2 aromatic carbocycles. The first-order valence-corrected chi connectivity index (χ1v) is 6.47. The van der Waals surface area contributed by atoms with Gasteiger partial charge in [0.25, 0.3) is 0 Å². The Balaban J connectivity index is 2.10.